The molecule has 0 spiro atoms. The first-order valence-electron chi connectivity index (χ1n) is 5.35. The molecule has 6 heteroatoms. The lowest BCUT2D eigenvalue weighted by Gasteiger charge is -2.29. The zero-order chi connectivity index (χ0) is 12.2. The van der Waals surface area contributed by atoms with Gasteiger partial charge in [-0.3, -0.25) is 0 Å². The molecule has 2 heterocycles. The summed E-state index contributed by atoms with van der Waals surface area (Å²) < 4.78 is 19.8. The summed E-state index contributed by atoms with van der Waals surface area (Å²) in [6.07, 6.45) is 0.895. The van der Waals surface area contributed by atoms with E-state index >= 15 is 0 Å². The van der Waals surface area contributed by atoms with Crippen LogP contribution in [0.25, 0.3) is 0 Å². The summed E-state index contributed by atoms with van der Waals surface area (Å²) in [5.74, 6) is -0.203. The molecule has 0 aromatic carbocycles. The molecule has 1 aliphatic carbocycles. The highest BCUT2D eigenvalue weighted by Gasteiger charge is 2.57. The Morgan fingerprint density at radius 3 is 3.12 bits per heavy atom. The van der Waals surface area contributed by atoms with E-state index in [1.54, 1.807) is 6.07 Å². The van der Waals surface area contributed by atoms with E-state index in [9.17, 15) is 4.39 Å². The van der Waals surface area contributed by atoms with E-state index in [0.29, 0.717) is 10.3 Å². The minimum absolute atomic E-state index is 0.0534. The van der Waals surface area contributed by atoms with E-state index in [1.165, 1.54) is 6.07 Å². The van der Waals surface area contributed by atoms with E-state index in [4.69, 9.17) is 10.5 Å². The molecule has 3 atom stereocenters. The van der Waals surface area contributed by atoms with Gasteiger partial charge in [-0.1, -0.05) is 0 Å². The van der Waals surface area contributed by atoms with Gasteiger partial charge in [0.15, 0.2) is 0 Å². The summed E-state index contributed by atoms with van der Waals surface area (Å²) in [6, 6.07) is 3.07. The Hall–Kier alpha value is -1.17. The van der Waals surface area contributed by atoms with E-state index in [2.05, 4.69) is 25.9 Å². The van der Waals surface area contributed by atoms with Crippen molar-refractivity contribution < 1.29 is 9.13 Å². The molecule has 2 N–H and O–H groups in total. The topological polar surface area (TPSA) is 60.5 Å². The van der Waals surface area contributed by atoms with Crippen LogP contribution in [0.15, 0.2) is 21.7 Å². The van der Waals surface area contributed by atoms with Crippen molar-refractivity contribution in [1.82, 2.24) is 4.98 Å². The predicted molar refractivity (Wildman–Crippen MR) is 63.8 cm³/mol. The van der Waals surface area contributed by atoms with Crippen molar-refractivity contribution in [3.8, 4) is 0 Å². The van der Waals surface area contributed by atoms with Crippen molar-refractivity contribution in [2.45, 2.75) is 25.0 Å². The molecule has 0 saturated heterocycles. The number of rotatable bonds is 1. The molecule has 1 saturated carbocycles. The standard InChI is InChI=1S/C11H11BrFN3O/c1-11(5-4-7(5)17-10(14)16-11)9-6(13)2-3-8(12)15-9/h2-3,5,7H,4H2,1H3,(H2,14,16)/t5-,7?,11-/m1/s1. The van der Waals surface area contributed by atoms with Crippen LogP contribution in [0.5, 0.6) is 0 Å². The average molecular weight is 300 g/mol. The van der Waals surface area contributed by atoms with E-state index in [0.717, 1.165) is 6.42 Å². The van der Waals surface area contributed by atoms with Crippen LogP contribution in [0.1, 0.15) is 19.0 Å². The quantitative estimate of drug-likeness (QED) is 0.806. The molecule has 0 amide bonds. The van der Waals surface area contributed by atoms with Gasteiger partial charge in [0, 0.05) is 5.92 Å². The zero-order valence-electron chi connectivity index (χ0n) is 9.15. The molecule has 4 nitrogen and oxygen atoms in total. The van der Waals surface area contributed by atoms with Crippen LogP contribution in [0, 0.1) is 11.7 Å². The highest BCUT2D eigenvalue weighted by atomic mass is 79.9. The van der Waals surface area contributed by atoms with Crippen LogP contribution in [0.3, 0.4) is 0 Å². The van der Waals surface area contributed by atoms with Gasteiger partial charge in [0.25, 0.3) is 6.02 Å². The third-order valence-corrected chi connectivity index (χ3v) is 3.80. The summed E-state index contributed by atoms with van der Waals surface area (Å²) in [5, 5.41) is 0. The smallest absolute Gasteiger partial charge is 0.283 e. The molecule has 3 rings (SSSR count). The van der Waals surface area contributed by atoms with Gasteiger partial charge in [-0.25, -0.2) is 14.4 Å². The van der Waals surface area contributed by atoms with Crippen molar-refractivity contribution in [2.75, 3.05) is 0 Å². The Morgan fingerprint density at radius 2 is 2.35 bits per heavy atom. The van der Waals surface area contributed by atoms with Crippen molar-refractivity contribution in [3.63, 3.8) is 0 Å². The van der Waals surface area contributed by atoms with E-state index in [1.807, 2.05) is 6.92 Å². The Bertz CT molecular complexity index is 521. The van der Waals surface area contributed by atoms with Crippen molar-refractivity contribution >= 4 is 22.0 Å². The van der Waals surface area contributed by atoms with Crippen LogP contribution in [-0.4, -0.2) is 17.1 Å². The van der Waals surface area contributed by atoms with Crippen LogP contribution in [0.4, 0.5) is 4.39 Å². The number of aliphatic imine (C=N–C) groups is 1. The number of fused-ring (bicyclic) bond motifs is 1. The number of nitrogens with two attached hydrogens (primary N) is 1. The SMILES string of the molecule is C[C@@]1(c2nc(Br)ccc2F)N=C(N)OC2C[C@H]21. The maximum absolute atomic E-state index is 13.9. The molecule has 90 valence electrons. The summed E-state index contributed by atoms with van der Waals surface area (Å²) in [6.45, 7) is 1.85. The second-order valence-corrected chi connectivity index (χ2v) is 5.37. The summed E-state index contributed by atoms with van der Waals surface area (Å²) in [7, 11) is 0. The Labute approximate surface area is 106 Å². The monoisotopic (exact) mass is 299 g/mol. The number of amidine groups is 1. The number of hydrogen-bond acceptors (Lipinski definition) is 4. The van der Waals surface area contributed by atoms with E-state index in [-0.39, 0.29) is 23.9 Å². The van der Waals surface area contributed by atoms with Crippen molar-refractivity contribution in [3.05, 3.63) is 28.2 Å². The van der Waals surface area contributed by atoms with Crippen molar-refractivity contribution in [2.24, 2.45) is 16.6 Å². The maximum atomic E-state index is 13.9. The number of aromatic nitrogens is 1. The third kappa shape index (κ3) is 1.62. The lowest BCUT2D eigenvalue weighted by atomic mass is 9.91. The van der Waals surface area contributed by atoms with Crippen LogP contribution in [0.2, 0.25) is 0 Å². The first-order chi connectivity index (χ1) is 8.00. The molecule has 17 heavy (non-hydrogen) atoms. The molecule has 0 radical (unpaired) electrons. The summed E-state index contributed by atoms with van der Waals surface area (Å²) in [5.41, 5.74) is 5.22. The fraction of sp³-hybridized carbons (Fsp3) is 0.455. The van der Waals surface area contributed by atoms with Gasteiger partial charge in [0.05, 0.1) is 0 Å². The largest absolute Gasteiger partial charge is 0.462 e. The van der Waals surface area contributed by atoms with Crippen molar-refractivity contribution in [1.29, 1.82) is 0 Å². The Morgan fingerprint density at radius 1 is 1.59 bits per heavy atom. The summed E-state index contributed by atoms with van der Waals surface area (Å²) >= 11 is 3.25. The number of ether oxygens (including phenoxy) is 1. The first kappa shape index (κ1) is 11.0. The van der Waals surface area contributed by atoms with E-state index < -0.39 is 5.54 Å². The molecule has 1 unspecified atom stereocenters. The minimum Gasteiger partial charge on any atom is -0.462 e. The van der Waals surface area contributed by atoms with Crippen LogP contribution < -0.4 is 5.73 Å². The molecule has 1 aromatic heterocycles. The van der Waals surface area contributed by atoms with Gasteiger partial charge in [-0.15, -0.1) is 0 Å². The third-order valence-electron chi connectivity index (χ3n) is 3.36. The number of hydrogen-bond donors (Lipinski definition) is 1. The molecule has 1 fully saturated rings. The van der Waals surface area contributed by atoms with Gasteiger partial charge in [-0.2, -0.15) is 0 Å². The molecule has 2 aliphatic rings. The van der Waals surface area contributed by atoms with Gasteiger partial charge < -0.3 is 10.5 Å². The zero-order valence-corrected chi connectivity index (χ0v) is 10.7. The highest BCUT2D eigenvalue weighted by Crippen LogP contribution is 2.52. The van der Waals surface area contributed by atoms with Crippen LogP contribution >= 0.6 is 15.9 Å². The molecule has 0 bridgehead atoms. The molecule has 1 aliphatic heterocycles. The van der Waals surface area contributed by atoms with Gasteiger partial charge in [0.1, 0.15) is 27.8 Å². The second kappa shape index (κ2) is 3.41. The van der Waals surface area contributed by atoms with Crippen LogP contribution in [-0.2, 0) is 10.3 Å². The minimum atomic E-state index is -0.721. The van der Waals surface area contributed by atoms with Gasteiger partial charge in [0.2, 0.25) is 0 Å². The maximum Gasteiger partial charge on any atom is 0.283 e. The lowest BCUT2D eigenvalue weighted by molar-refractivity contribution is 0.199. The summed E-state index contributed by atoms with van der Waals surface area (Å²) in [4.78, 5) is 8.46. The number of halogens is 2. The van der Waals surface area contributed by atoms with Gasteiger partial charge in [-0.05, 0) is 41.4 Å². The Kier molecular flexibility index (Phi) is 2.20. The number of pyridine rings is 1. The predicted octanol–water partition coefficient (Wildman–Crippen LogP) is 1.93. The normalized spacial score (nSPS) is 34.6. The highest BCUT2D eigenvalue weighted by molar-refractivity contribution is 9.10. The fourth-order valence-corrected chi connectivity index (χ4v) is 2.70. The lowest BCUT2D eigenvalue weighted by Crippen LogP contribution is -2.36. The fourth-order valence-electron chi connectivity index (χ4n) is 2.39. The molecule has 1 aromatic rings. The number of nitrogens with zero attached hydrogens (tertiary/aromatic N) is 2. The first-order valence-corrected chi connectivity index (χ1v) is 6.14. The van der Waals surface area contributed by atoms with Gasteiger partial charge >= 0.3 is 0 Å². The average Bonchev–Trinajstić information content (AvgIpc) is 3.01. The Balaban J connectivity index is 2.13. The second-order valence-electron chi connectivity index (χ2n) is 4.56. The molecular weight excluding hydrogens is 289 g/mol. The molecular formula is C11H11BrFN3O.